The summed E-state index contributed by atoms with van der Waals surface area (Å²) in [6.45, 7) is 0.452. The number of hydrogen-bond acceptors (Lipinski definition) is 2. The van der Waals surface area contributed by atoms with Crippen LogP contribution in [0.25, 0.3) is 10.8 Å². The van der Waals surface area contributed by atoms with Crippen LogP contribution in [0.3, 0.4) is 0 Å². The lowest BCUT2D eigenvalue weighted by Gasteiger charge is -2.12. The Morgan fingerprint density at radius 2 is 1.70 bits per heavy atom. The smallest absolute Gasteiger partial charge is 0.135 e. The molecule has 0 spiro atoms. The van der Waals surface area contributed by atoms with Crippen LogP contribution in [0, 0.1) is 0 Å². The van der Waals surface area contributed by atoms with E-state index in [9.17, 15) is 0 Å². The minimum absolute atomic E-state index is 0.452. The van der Waals surface area contributed by atoms with Crippen LogP contribution in [0.1, 0.15) is 5.56 Å². The van der Waals surface area contributed by atoms with Crippen molar-refractivity contribution in [2.75, 3.05) is 0 Å². The Hall–Kier alpha value is -1.84. The summed E-state index contributed by atoms with van der Waals surface area (Å²) in [6.07, 6.45) is 0. The topological polar surface area (TPSA) is 35.2 Å². The standard InChI is InChI=1S/C17H14BrNO/c18-14-9-8-13(11-19)17(10-14)20-16-7-3-5-12-4-1-2-6-15(12)16/h1-10H,11,19H2. The molecule has 0 fully saturated rings. The van der Waals surface area contributed by atoms with Crippen molar-refractivity contribution in [3.8, 4) is 11.5 Å². The second kappa shape index (κ2) is 5.65. The molecule has 0 unspecified atom stereocenters. The molecular weight excluding hydrogens is 314 g/mol. The average molecular weight is 328 g/mol. The summed E-state index contributed by atoms with van der Waals surface area (Å²) < 4.78 is 7.06. The van der Waals surface area contributed by atoms with Crippen LogP contribution in [-0.4, -0.2) is 0 Å². The molecule has 0 aromatic heterocycles. The monoisotopic (exact) mass is 327 g/mol. The van der Waals surface area contributed by atoms with E-state index in [4.69, 9.17) is 10.5 Å². The van der Waals surface area contributed by atoms with Gasteiger partial charge in [-0.05, 0) is 23.6 Å². The highest BCUT2D eigenvalue weighted by molar-refractivity contribution is 9.10. The van der Waals surface area contributed by atoms with Crippen molar-refractivity contribution in [2.45, 2.75) is 6.54 Å². The third kappa shape index (κ3) is 2.55. The van der Waals surface area contributed by atoms with Crippen LogP contribution in [0.2, 0.25) is 0 Å². The molecule has 0 aliphatic rings. The van der Waals surface area contributed by atoms with E-state index < -0.39 is 0 Å². The van der Waals surface area contributed by atoms with Gasteiger partial charge in [-0.1, -0.05) is 58.4 Å². The second-order valence-corrected chi connectivity index (χ2v) is 5.45. The zero-order valence-electron chi connectivity index (χ0n) is 10.8. The lowest BCUT2D eigenvalue weighted by atomic mass is 10.1. The highest BCUT2D eigenvalue weighted by Gasteiger charge is 2.07. The molecule has 0 amide bonds. The van der Waals surface area contributed by atoms with Crippen molar-refractivity contribution in [1.29, 1.82) is 0 Å². The van der Waals surface area contributed by atoms with Crippen molar-refractivity contribution in [2.24, 2.45) is 5.73 Å². The van der Waals surface area contributed by atoms with Crippen LogP contribution >= 0.6 is 15.9 Å². The normalized spacial score (nSPS) is 10.7. The maximum Gasteiger partial charge on any atom is 0.135 e. The number of fused-ring (bicyclic) bond motifs is 1. The summed E-state index contributed by atoms with van der Waals surface area (Å²) in [5.41, 5.74) is 6.76. The van der Waals surface area contributed by atoms with Gasteiger partial charge in [0.1, 0.15) is 11.5 Å². The second-order valence-electron chi connectivity index (χ2n) is 4.54. The summed E-state index contributed by atoms with van der Waals surface area (Å²) in [4.78, 5) is 0. The van der Waals surface area contributed by atoms with E-state index in [0.717, 1.165) is 32.3 Å². The molecule has 0 aliphatic heterocycles. The van der Waals surface area contributed by atoms with Crippen LogP contribution in [-0.2, 0) is 6.54 Å². The Labute approximate surface area is 126 Å². The molecule has 2 nitrogen and oxygen atoms in total. The quantitative estimate of drug-likeness (QED) is 0.746. The molecular formula is C17H14BrNO. The third-order valence-electron chi connectivity index (χ3n) is 3.22. The minimum Gasteiger partial charge on any atom is -0.456 e. The molecule has 0 aliphatic carbocycles. The Balaban J connectivity index is 2.07. The fourth-order valence-electron chi connectivity index (χ4n) is 2.20. The van der Waals surface area contributed by atoms with Crippen molar-refractivity contribution in [3.05, 3.63) is 70.7 Å². The first kappa shape index (κ1) is 13.2. The van der Waals surface area contributed by atoms with Gasteiger partial charge < -0.3 is 10.5 Å². The Kier molecular flexibility index (Phi) is 3.72. The molecule has 3 heteroatoms. The molecule has 3 aromatic carbocycles. The molecule has 3 aromatic rings. The van der Waals surface area contributed by atoms with E-state index in [0.29, 0.717) is 6.54 Å². The summed E-state index contributed by atoms with van der Waals surface area (Å²) in [7, 11) is 0. The summed E-state index contributed by atoms with van der Waals surface area (Å²) >= 11 is 3.47. The van der Waals surface area contributed by atoms with E-state index in [1.807, 2.05) is 42.5 Å². The van der Waals surface area contributed by atoms with E-state index in [1.165, 1.54) is 0 Å². The van der Waals surface area contributed by atoms with E-state index >= 15 is 0 Å². The first-order chi connectivity index (χ1) is 9.78. The highest BCUT2D eigenvalue weighted by atomic mass is 79.9. The minimum atomic E-state index is 0.452. The Morgan fingerprint density at radius 3 is 2.55 bits per heavy atom. The van der Waals surface area contributed by atoms with Crippen LogP contribution in [0.15, 0.2) is 65.1 Å². The van der Waals surface area contributed by atoms with E-state index in [-0.39, 0.29) is 0 Å². The molecule has 0 bridgehead atoms. The van der Waals surface area contributed by atoms with Crippen molar-refractivity contribution >= 4 is 26.7 Å². The number of ether oxygens (including phenoxy) is 1. The SMILES string of the molecule is NCc1ccc(Br)cc1Oc1cccc2ccccc12. The third-order valence-corrected chi connectivity index (χ3v) is 3.71. The van der Waals surface area contributed by atoms with Gasteiger partial charge in [0, 0.05) is 22.0 Å². The van der Waals surface area contributed by atoms with Gasteiger partial charge in [-0.2, -0.15) is 0 Å². The number of halogens is 1. The van der Waals surface area contributed by atoms with Crippen LogP contribution < -0.4 is 10.5 Å². The van der Waals surface area contributed by atoms with Crippen LogP contribution in [0.4, 0.5) is 0 Å². The molecule has 20 heavy (non-hydrogen) atoms. The summed E-state index contributed by atoms with van der Waals surface area (Å²) in [6, 6.07) is 20.1. The Morgan fingerprint density at radius 1 is 0.900 bits per heavy atom. The number of hydrogen-bond donors (Lipinski definition) is 1. The maximum absolute atomic E-state index is 6.08. The summed E-state index contributed by atoms with van der Waals surface area (Å²) in [5.74, 6) is 1.63. The summed E-state index contributed by atoms with van der Waals surface area (Å²) in [5, 5.41) is 2.26. The first-order valence-corrected chi connectivity index (χ1v) is 7.21. The molecule has 2 N–H and O–H groups in total. The lowest BCUT2D eigenvalue weighted by molar-refractivity contribution is 0.481. The molecule has 0 atom stereocenters. The van der Waals surface area contributed by atoms with E-state index in [1.54, 1.807) is 0 Å². The molecule has 0 heterocycles. The predicted molar refractivity (Wildman–Crippen MR) is 86.1 cm³/mol. The lowest BCUT2D eigenvalue weighted by Crippen LogP contribution is -1.99. The first-order valence-electron chi connectivity index (χ1n) is 6.42. The van der Waals surface area contributed by atoms with Crippen molar-refractivity contribution in [1.82, 2.24) is 0 Å². The van der Waals surface area contributed by atoms with Gasteiger partial charge in [0.05, 0.1) is 0 Å². The van der Waals surface area contributed by atoms with Gasteiger partial charge in [-0.15, -0.1) is 0 Å². The fourth-order valence-corrected chi connectivity index (χ4v) is 2.54. The molecule has 0 saturated heterocycles. The molecule has 3 rings (SSSR count). The average Bonchev–Trinajstić information content (AvgIpc) is 2.48. The Bertz CT molecular complexity index is 750. The van der Waals surface area contributed by atoms with Crippen molar-refractivity contribution in [3.63, 3.8) is 0 Å². The predicted octanol–water partition coefficient (Wildman–Crippen LogP) is 4.85. The zero-order valence-corrected chi connectivity index (χ0v) is 12.4. The highest BCUT2D eigenvalue weighted by Crippen LogP contribution is 2.33. The number of rotatable bonds is 3. The number of benzene rings is 3. The molecule has 0 saturated carbocycles. The largest absolute Gasteiger partial charge is 0.456 e. The van der Waals surface area contributed by atoms with Gasteiger partial charge in [0.25, 0.3) is 0 Å². The van der Waals surface area contributed by atoms with Crippen molar-refractivity contribution < 1.29 is 4.74 Å². The van der Waals surface area contributed by atoms with Gasteiger partial charge in [0.2, 0.25) is 0 Å². The van der Waals surface area contributed by atoms with Gasteiger partial charge in [0.15, 0.2) is 0 Å². The molecule has 100 valence electrons. The maximum atomic E-state index is 6.08. The van der Waals surface area contributed by atoms with Crippen LogP contribution in [0.5, 0.6) is 11.5 Å². The fraction of sp³-hybridized carbons (Fsp3) is 0.0588. The zero-order chi connectivity index (χ0) is 13.9. The van der Waals surface area contributed by atoms with Gasteiger partial charge in [-0.3, -0.25) is 0 Å². The molecule has 0 radical (unpaired) electrons. The van der Waals surface area contributed by atoms with Gasteiger partial charge >= 0.3 is 0 Å². The van der Waals surface area contributed by atoms with Gasteiger partial charge in [-0.25, -0.2) is 0 Å². The number of nitrogens with two attached hydrogens (primary N) is 1. The van der Waals surface area contributed by atoms with E-state index in [2.05, 4.69) is 34.1 Å².